The highest BCUT2D eigenvalue weighted by Crippen LogP contribution is 2.44. The van der Waals surface area contributed by atoms with Crippen LogP contribution in [0, 0.1) is 0 Å². The van der Waals surface area contributed by atoms with Crippen LogP contribution in [0.3, 0.4) is 0 Å². The summed E-state index contributed by atoms with van der Waals surface area (Å²) in [6.07, 6.45) is 11.8. The van der Waals surface area contributed by atoms with Crippen LogP contribution in [0.15, 0.2) is 35.5 Å². The number of anilines is 1. The van der Waals surface area contributed by atoms with Gasteiger partial charge >= 0.3 is 0 Å². The van der Waals surface area contributed by atoms with E-state index in [1.165, 1.54) is 5.57 Å². The Morgan fingerprint density at radius 3 is 2.56 bits per heavy atom. The molecular formula is C25H27N5O3S. The van der Waals surface area contributed by atoms with Crippen LogP contribution in [-0.4, -0.2) is 63.7 Å². The van der Waals surface area contributed by atoms with Crippen LogP contribution in [0.2, 0.25) is 0 Å². The summed E-state index contributed by atoms with van der Waals surface area (Å²) in [6, 6.07) is 1.96. The average molecular weight is 478 g/mol. The first kappa shape index (κ1) is 22.5. The summed E-state index contributed by atoms with van der Waals surface area (Å²) in [5.74, 6) is 0.545. The van der Waals surface area contributed by atoms with Gasteiger partial charge in [-0.3, -0.25) is 14.4 Å². The van der Waals surface area contributed by atoms with E-state index in [2.05, 4.69) is 21.4 Å². The number of hydrogen-bond donors (Lipinski definition) is 1. The minimum absolute atomic E-state index is 0.0209. The Labute approximate surface area is 202 Å². The molecule has 176 valence electrons. The molecule has 0 atom stereocenters. The van der Waals surface area contributed by atoms with Gasteiger partial charge in [-0.2, -0.15) is 0 Å². The summed E-state index contributed by atoms with van der Waals surface area (Å²) in [6.45, 7) is 4.04. The number of nitrogens with zero attached hydrogens (tertiary/aromatic N) is 4. The zero-order chi connectivity index (χ0) is 23.7. The molecule has 34 heavy (non-hydrogen) atoms. The minimum atomic E-state index is -0.658. The Kier molecular flexibility index (Phi) is 6.03. The molecule has 3 amide bonds. The number of hydrogen-bond acceptors (Lipinski definition) is 6. The van der Waals surface area contributed by atoms with E-state index in [0.29, 0.717) is 44.8 Å². The molecule has 2 fully saturated rings. The molecule has 5 heterocycles. The van der Waals surface area contributed by atoms with Gasteiger partial charge in [0.15, 0.2) is 0 Å². The van der Waals surface area contributed by atoms with Crippen molar-refractivity contribution >= 4 is 47.0 Å². The number of amides is 3. The lowest BCUT2D eigenvalue weighted by atomic mass is 9.74. The standard InChI is InChI=1S/C25H27N5O3S/c1-17(31)29-11-6-25(7-12-29)20-14-19(16-27-23(20)28-24(25)33)2-3-22(32)30-9-4-18(5-10-30)15-21-26-8-13-34-21/h2-3,8,13-16H,4-7,9-12H2,1H3,(H,27,28,33). The lowest BCUT2D eigenvalue weighted by molar-refractivity contribution is -0.133. The zero-order valence-electron chi connectivity index (χ0n) is 19.1. The van der Waals surface area contributed by atoms with Crippen LogP contribution in [0.25, 0.3) is 12.2 Å². The number of aromatic nitrogens is 2. The second-order valence-corrected chi connectivity index (χ2v) is 9.96. The Bertz CT molecular complexity index is 1170. The Morgan fingerprint density at radius 2 is 1.88 bits per heavy atom. The predicted octanol–water partition coefficient (Wildman–Crippen LogP) is 3.09. The molecule has 1 spiro atoms. The van der Waals surface area contributed by atoms with Crippen molar-refractivity contribution in [2.24, 2.45) is 0 Å². The molecule has 3 aliphatic rings. The third-order valence-electron chi connectivity index (χ3n) is 7.07. The summed E-state index contributed by atoms with van der Waals surface area (Å²) < 4.78 is 0. The molecule has 3 aliphatic heterocycles. The Balaban J connectivity index is 1.25. The van der Waals surface area contributed by atoms with Crippen molar-refractivity contribution in [2.75, 3.05) is 31.5 Å². The van der Waals surface area contributed by atoms with Crippen LogP contribution < -0.4 is 5.32 Å². The molecule has 1 N–H and O–H groups in total. The molecule has 0 unspecified atom stereocenters. The molecule has 0 aromatic carbocycles. The second-order valence-electron chi connectivity index (χ2n) is 9.04. The minimum Gasteiger partial charge on any atom is -0.343 e. The van der Waals surface area contributed by atoms with Crippen molar-refractivity contribution in [1.82, 2.24) is 19.8 Å². The van der Waals surface area contributed by atoms with Crippen molar-refractivity contribution < 1.29 is 14.4 Å². The maximum atomic E-state index is 12.9. The summed E-state index contributed by atoms with van der Waals surface area (Å²) in [5, 5.41) is 5.88. The summed E-state index contributed by atoms with van der Waals surface area (Å²) in [4.78, 5) is 49.7. The van der Waals surface area contributed by atoms with Crippen LogP contribution >= 0.6 is 11.3 Å². The summed E-state index contributed by atoms with van der Waals surface area (Å²) in [7, 11) is 0. The maximum absolute atomic E-state index is 12.9. The summed E-state index contributed by atoms with van der Waals surface area (Å²) >= 11 is 1.62. The van der Waals surface area contributed by atoms with E-state index in [-0.39, 0.29) is 17.7 Å². The highest BCUT2D eigenvalue weighted by atomic mass is 32.1. The van der Waals surface area contributed by atoms with E-state index >= 15 is 0 Å². The fraction of sp³-hybridized carbons (Fsp3) is 0.400. The Morgan fingerprint density at radius 1 is 1.12 bits per heavy atom. The van der Waals surface area contributed by atoms with Gasteiger partial charge in [0.1, 0.15) is 10.8 Å². The molecule has 8 nitrogen and oxygen atoms in total. The van der Waals surface area contributed by atoms with E-state index in [4.69, 9.17) is 0 Å². The van der Waals surface area contributed by atoms with E-state index in [9.17, 15) is 14.4 Å². The molecule has 2 saturated heterocycles. The lowest BCUT2D eigenvalue weighted by Gasteiger charge is -2.37. The van der Waals surface area contributed by atoms with Gasteiger partial charge in [0.2, 0.25) is 17.7 Å². The van der Waals surface area contributed by atoms with Crippen molar-refractivity contribution in [3.05, 3.63) is 51.6 Å². The highest BCUT2D eigenvalue weighted by Gasteiger charge is 2.49. The van der Waals surface area contributed by atoms with Gasteiger partial charge in [0, 0.05) is 62.5 Å². The average Bonchev–Trinajstić information content (AvgIpc) is 3.45. The van der Waals surface area contributed by atoms with Crippen LogP contribution in [-0.2, 0) is 19.8 Å². The number of nitrogens with one attached hydrogen (secondary N) is 1. The molecule has 9 heteroatoms. The van der Waals surface area contributed by atoms with Gasteiger partial charge in [-0.15, -0.1) is 11.3 Å². The van der Waals surface area contributed by atoms with Crippen LogP contribution in [0.5, 0.6) is 0 Å². The number of pyridine rings is 1. The number of carbonyl (C=O) groups is 3. The highest BCUT2D eigenvalue weighted by molar-refractivity contribution is 7.10. The number of rotatable bonds is 3. The molecule has 2 aromatic rings. The number of likely N-dealkylation sites (tertiary alicyclic amines) is 2. The largest absolute Gasteiger partial charge is 0.343 e. The van der Waals surface area contributed by atoms with E-state index in [0.717, 1.165) is 29.0 Å². The quantitative estimate of drug-likeness (QED) is 0.686. The second kappa shape index (κ2) is 9.13. The fourth-order valence-electron chi connectivity index (χ4n) is 5.00. The first-order valence-corrected chi connectivity index (χ1v) is 12.5. The van der Waals surface area contributed by atoms with Gasteiger partial charge in [-0.1, -0.05) is 5.57 Å². The fourth-order valence-corrected chi connectivity index (χ4v) is 5.62. The smallest absolute Gasteiger partial charge is 0.246 e. The predicted molar refractivity (Wildman–Crippen MR) is 131 cm³/mol. The SMILES string of the molecule is CC(=O)N1CCC2(CC1)C(=O)Nc1ncc(C=CC(=O)N3CCC(=Cc4nccs4)CC3)cc12. The lowest BCUT2D eigenvalue weighted by Crippen LogP contribution is -2.47. The van der Waals surface area contributed by atoms with E-state index in [1.807, 2.05) is 16.3 Å². The molecule has 0 saturated carbocycles. The monoisotopic (exact) mass is 477 g/mol. The molecule has 0 aliphatic carbocycles. The van der Waals surface area contributed by atoms with E-state index < -0.39 is 5.41 Å². The first-order valence-electron chi connectivity index (χ1n) is 11.6. The number of piperidine rings is 2. The van der Waals surface area contributed by atoms with Crippen molar-refractivity contribution in [1.29, 1.82) is 0 Å². The third-order valence-corrected chi connectivity index (χ3v) is 7.79. The van der Waals surface area contributed by atoms with Crippen molar-refractivity contribution in [3.63, 3.8) is 0 Å². The van der Waals surface area contributed by atoms with Gasteiger partial charge in [-0.25, -0.2) is 9.97 Å². The zero-order valence-corrected chi connectivity index (χ0v) is 19.9. The van der Waals surface area contributed by atoms with E-state index in [1.54, 1.807) is 47.7 Å². The molecule has 5 rings (SSSR count). The summed E-state index contributed by atoms with van der Waals surface area (Å²) in [5.41, 5.74) is 2.32. The molecule has 0 radical (unpaired) electrons. The van der Waals surface area contributed by atoms with Crippen LogP contribution in [0.4, 0.5) is 5.82 Å². The number of carbonyl (C=O) groups excluding carboxylic acids is 3. The third kappa shape index (κ3) is 4.27. The van der Waals surface area contributed by atoms with Gasteiger partial charge in [0.05, 0.1) is 5.41 Å². The maximum Gasteiger partial charge on any atom is 0.246 e. The first-order chi connectivity index (χ1) is 16.4. The number of thiazole rings is 1. The molecule has 2 aromatic heterocycles. The number of fused-ring (bicyclic) bond motifs is 2. The Hall–Kier alpha value is -3.33. The van der Waals surface area contributed by atoms with Crippen molar-refractivity contribution in [2.45, 2.75) is 38.0 Å². The van der Waals surface area contributed by atoms with Gasteiger partial charge in [0.25, 0.3) is 0 Å². The van der Waals surface area contributed by atoms with Crippen molar-refractivity contribution in [3.8, 4) is 0 Å². The topological polar surface area (TPSA) is 95.5 Å². The van der Waals surface area contributed by atoms with Gasteiger partial charge in [-0.05, 0) is 49.5 Å². The molecule has 0 bridgehead atoms. The molecular weight excluding hydrogens is 450 g/mol. The van der Waals surface area contributed by atoms with Crippen LogP contribution in [0.1, 0.15) is 48.7 Å². The van der Waals surface area contributed by atoms with Gasteiger partial charge < -0.3 is 15.1 Å². The normalized spacial score (nSPS) is 19.4.